The minimum absolute atomic E-state index is 0.0996. The molecule has 1 saturated heterocycles. The molecule has 0 aliphatic carbocycles. The molecule has 2 aromatic rings. The van der Waals surface area contributed by atoms with Crippen LogP contribution in [0.4, 0.5) is 0 Å². The van der Waals surface area contributed by atoms with E-state index in [0.29, 0.717) is 24.8 Å². The molecule has 0 aromatic carbocycles. The lowest BCUT2D eigenvalue weighted by Gasteiger charge is -2.43. The topological polar surface area (TPSA) is 67.5 Å². The maximum Gasteiger partial charge on any atom is 0.287 e. The Morgan fingerprint density at radius 2 is 2.11 bits per heavy atom. The largest absolute Gasteiger partial charge is 0.454 e. The van der Waals surface area contributed by atoms with Crippen LogP contribution in [0.5, 0.6) is 0 Å². The number of hydrogen-bond acceptors (Lipinski definition) is 4. The van der Waals surface area contributed by atoms with Crippen LogP contribution in [0.1, 0.15) is 49.9 Å². The third kappa shape index (κ3) is 4.89. The standard InChI is InChI=1S/C21H29N3O3/c1-16-7-6-12-24(13-16)21(2,3)15-22-20(26)18-10-9-17(27-18)14-23-11-5-4-8-19(23)25/h4-5,8-11,16H,6-7,12-15H2,1-3H3,(H,22,26). The predicted molar refractivity (Wildman–Crippen MR) is 105 cm³/mol. The molecule has 1 atom stereocenters. The molecule has 6 nitrogen and oxygen atoms in total. The monoisotopic (exact) mass is 371 g/mol. The fourth-order valence-corrected chi connectivity index (χ4v) is 3.58. The molecule has 1 aliphatic rings. The fraction of sp³-hybridized carbons (Fsp3) is 0.524. The van der Waals surface area contributed by atoms with Gasteiger partial charge in [0.05, 0.1) is 6.54 Å². The molecular weight excluding hydrogens is 342 g/mol. The molecule has 3 heterocycles. The number of likely N-dealkylation sites (tertiary alicyclic amines) is 1. The summed E-state index contributed by atoms with van der Waals surface area (Å²) in [6.45, 7) is 9.63. The van der Waals surface area contributed by atoms with Crippen molar-refractivity contribution in [2.45, 2.75) is 45.7 Å². The van der Waals surface area contributed by atoms with Gasteiger partial charge in [0.2, 0.25) is 0 Å². The van der Waals surface area contributed by atoms with E-state index in [4.69, 9.17) is 4.42 Å². The molecule has 1 fully saturated rings. The summed E-state index contributed by atoms with van der Waals surface area (Å²) in [6, 6.07) is 8.40. The zero-order valence-electron chi connectivity index (χ0n) is 16.4. The van der Waals surface area contributed by atoms with E-state index >= 15 is 0 Å². The van der Waals surface area contributed by atoms with Crippen molar-refractivity contribution in [1.29, 1.82) is 0 Å². The smallest absolute Gasteiger partial charge is 0.287 e. The number of carbonyl (C=O) groups excluding carboxylic acids is 1. The maximum atomic E-state index is 12.5. The van der Waals surface area contributed by atoms with Gasteiger partial charge in [0.1, 0.15) is 5.76 Å². The lowest BCUT2D eigenvalue weighted by molar-refractivity contribution is 0.0648. The summed E-state index contributed by atoms with van der Waals surface area (Å²) < 4.78 is 7.19. The molecule has 0 spiro atoms. The van der Waals surface area contributed by atoms with E-state index < -0.39 is 0 Å². The van der Waals surface area contributed by atoms with E-state index in [-0.39, 0.29) is 22.8 Å². The van der Waals surface area contributed by atoms with Gasteiger partial charge in [-0.2, -0.15) is 0 Å². The first-order chi connectivity index (χ1) is 12.8. The summed E-state index contributed by atoms with van der Waals surface area (Å²) in [5.74, 6) is 1.33. The van der Waals surface area contributed by atoms with Crippen molar-refractivity contribution in [3.05, 3.63) is 58.4 Å². The Bertz CT molecular complexity index is 837. The molecular formula is C21H29N3O3. The predicted octanol–water partition coefficient (Wildman–Crippen LogP) is 2.73. The second kappa shape index (κ2) is 8.13. The number of nitrogens with one attached hydrogen (secondary N) is 1. The number of hydrogen-bond donors (Lipinski definition) is 1. The van der Waals surface area contributed by atoms with Gasteiger partial charge in [-0.05, 0) is 57.4 Å². The van der Waals surface area contributed by atoms with Gasteiger partial charge in [0.25, 0.3) is 11.5 Å². The second-order valence-corrected chi connectivity index (χ2v) is 8.12. The zero-order valence-corrected chi connectivity index (χ0v) is 16.4. The van der Waals surface area contributed by atoms with Crippen LogP contribution in [0.25, 0.3) is 0 Å². The average molecular weight is 371 g/mol. The van der Waals surface area contributed by atoms with Gasteiger partial charge >= 0.3 is 0 Å². The van der Waals surface area contributed by atoms with Crippen molar-refractivity contribution >= 4 is 5.91 Å². The summed E-state index contributed by atoms with van der Waals surface area (Å²) in [5.41, 5.74) is -0.200. The maximum absolute atomic E-state index is 12.5. The van der Waals surface area contributed by atoms with Crippen LogP contribution in [0, 0.1) is 5.92 Å². The number of aromatic nitrogens is 1. The number of carbonyl (C=O) groups is 1. The zero-order chi connectivity index (χ0) is 19.4. The van der Waals surface area contributed by atoms with Gasteiger partial charge in [-0.3, -0.25) is 14.5 Å². The highest BCUT2D eigenvalue weighted by molar-refractivity contribution is 5.91. The minimum Gasteiger partial charge on any atom is -0.454 e. The Balaban J connectivity index is 1.58. The number of pyridine rings is 1. The van der Waals surface area contributed by atoms with Gasteiger partial charge in [-0.1, -0.05) is 13.0 Å². The highest BCUT2D eigenvalue weighted by Crippen LogP contribution is 2.23. The van der Waals surface area contributed by atoms with Crippen molar-refractivity contribution in [2.24, 2.45) is 5.92 Å². The summed E-state index contributed by atoms with van der Waals surface area (Å²) in [5, 5.41) is 3.00. The lowest BCUT2D eigenvalue weighted by Crippen LogP contribution is -2.54. The van der Waals surface area contributed by atoms with E-state index in [0.717, 1.165) is 13.1 Å². The number of amides is 1. The highest BCUT2D eigenvalue weighted by Gasteiger charge is 2.30. The summed E-state index contributed by atoms with van der Waals surface area (Å²) in [6.07, 6.45) is 4.18. The first-order valence-corrected chi connectivity index (χ1v) is 9.62. The fourth-order valence-electron chi connectivity index (χ4n) is 3.58. The Morgan fingerprint density at radius 1 is 1.30 bits per heavy atom. The molecule has 1 aliphatic heterocycles. The minimum atomic E-state index is -0.222. The SMILES string of the molecule is CC1CCCN(C(C)(C)CNC(=O)c2ccc(Cn3ccccc3=O)o2)C1. The third-order valence-corrected chi connectivity index (χ3v) is 5.31. The molecule has 0 bridgehead atoms. The summed E-state index contributed by atoms with van der Waals surface area (Å²) in [7, 11) is 0. The van der Waals surface area contributed by atoms with Crippen LogP contribution in [0.3, 0.4) is 0 Å². The van der Waals surface area contributed by atoms with Crippen molar-refractivity contribution in [3.63, 3.8) is 0 Å². The number of furan rings is 1. The van der Waals surface area contributed by atoms with Gasteiger partial charge in [-0.15, -0.1) is 0 Å². The molecule has 3 rings (SSSR count). The van der Waals surface area contributed by atoms with E-state index in [1.54, 1.807) is 35.0 Å². The van der Waals surface area contributed by atoms with Crippen LogP contribution < -0.4 is 10.9 Å². The normalized spacial score (nSPS) is 18.4. The third-order valence-electron chi connectivity index (χ3n) is 5.31. The van der Waals surface area contributed by atoms with E-state index in [2.05, 4.69) is 31.0 Å². The Morgan fingerprint density at radius 3 is 2.85 bits per heavy atom. The van der Waals surface area contributed by atoms with E-state index in [1.165, 1.54) is 18.9 Å². The first-order valence-electron chi connectivity index (χ1n) is 9.62. The van der Waals surface area contributed by atoms with Crippen LogP contribution in [0.15, 0.2) is 45.7 Å². The Kier molecular flexibility index (Phi) is 5.85. The van der Waals surface area contributed by atoms with E-state index in [1.807, 2.05) is 0 Å². The number of rotatable bonds is 6. The van der Waals surface area contributed by atoms with Crippen molar-refractivity contribution in [3.8, 4) is 0 Å². The van der Waals surface area contributed by atoms with Gasteiger partial charge in [0.15, 0.2) is 5.76 Å². The van der Waals surface area contributed by atoms with Gasteiger partial charge in [0, 0.05) is 30.9 Å². The van der Waals surface area contributed by atoms with Crippen LogP contribution in [-0.2, 0) is 6.54 Å². The summed E-state index contributed by atoms with van der Waals surface area (Å²) in [4.78, 5) is 26.7. The summed E-state index contributed by atoms with van der Waals surface area (Å²) >= 11 is 0. The molecule has 6 heteroatoms. The van der Waals surface area contributed by atoms with Crippen LogP contribution in [-0.4, -0.2) is 40.5 Å². The van der Waals surface area contributed by atoms with Gasteiger partial charge < -0.3 is 14.3 Å². The van der Waals surface area contributed by atoms with Crippen LogP contribution >= 0.6 is 0 Å². The van der Waals surface area contributed by atoms with E-state index in [9.17, 15) is 9.59 Å². The quantitative estimate of drug-likeness (QED) is 0.848. The molecule has 0 saturated carbocycles. The number of piperidine rings is 1. The molecule has 1 amide bonds. The Labute approximate surface area is 160 Å². The molecule has 27 heavy (non-hydrogen) atoms. The first kappa shape index (κ1) is 19.4. The highest BCUT2D eigenvalue weighted by atomic mass is 16.4. The molecule has 2 aromatic heterocycles. The van der Waals surface area contributed by atoms with Gasteiger partial charge in [-0.25, -0.2) is 0 Å². The number of nitrogens with zero attached hydrogens (tertiary/aromatic N) is 2. The molecule has 0 radical (unpaired) electrons. The van der Waals surface area contributed by atoms with Crippen molar-refractivity contribution < 1.29 is 9.21 Å². The molecule has 146 valence electrons. The van der Waals surface area contributed by atoms with Crippen molar-refractivity contribution in [2.75, 3.05) is 19.6 Å². The van der Waals surface area contributed by atoms with Crippen LogP contribution in [0.2, 0.25) is 0 Å². The van der Waals surface area contributed by atoms with Crippen molar-refractivity contribution in [1.82, 2.24) is 14.8 Å². The molecule has 1 N–H and O–H groups in total. The lowest BCUT2D eigenvalue weighted by atomic mass is 9.93. The Hall–Kier alpha value is -2.34. The average Bonchev–Trinajstić information content (AvgIpc) is 3.10. The second-order valence-electron chi connectivity index (χ2n) is 8.12. The molecule has 1 unspecified atom stereocenters.